The third-order valence-electron chi connectivity index (χ3n) is 2.87. The maximum absolute atomic E-state index is 8.11. The van der Waals surface area contributed by atoms with Crippen molar-refractivity contribution in [3.8, 4) is 0 Å². The van der Waals surface area contributed by atoms with Crippen molar-refractivity contribution in [1.82, 2.24) is 0 Å². The monoisotopic (exact) mass is 318 g/mol. The Morgan fingerprint density at radius 3 is 1.79 bits per heavy atom. The zero-order valence-electron chi connectivity index (χ0n) is 11.8. The second-order valence-corrected chi connectivity index (χ2v) is 4.54. The van der Waals surface area contributed by atoms with Crippen molar-refractivity contribution < 1.29 is 27.2 Å². The molecule has 0 aromatic heterocycles. The molecule has 0 aromatic carbocycles. The Kier molecular flexibility index (Phi) is 23.6. The van der Waals surface area contributed by atoms with Crippen LogP contribution >= 0.6 is 0 Å². The van der Waals surface area contributed by atoms with Gasteiger partial charge in [-0.25, -0.2) is 19.3 Å². The molecule has 0 saturated carbocycles. The molecule has 0 atom stereocenters. The van der Waals surface area contributed by atoms with E-state index in [-0.39, 0.29) is 17.1 Å². The molecule has 19 heavy (non-hydrogen) atoms. The molecule has 1 radical (unpaired) electrons. The number of hydrogen-bond acceptors (Lipinski definition) is 3. The molecule has 0 bridgehead atoms. The fourth-order valence-corrected chi connectivity index (χ4v) is 1.81. The second-order valence-electron chi connectivity index (χ2n) is 4.54. The standard InChI is InChI=1S/C15H29NO2.Cu/c16-14-12-10-8-6-4-2-1-3-5-7-9-11-13-15-18-17;/h7-8,13-14,17H,1-6,9-12,15-16H2;/q-4;. The van der Waals surface area contributed by atoms with Crippen LogP contribution < -0.4 is 5.73 Å². The summed E-state index contributed by atoms with van der Waals surface area (Å²) in [5.74, 6) is 0. The first-order chi connectivity index (χ1) is 8.91. The molecule has 4 heteroatoms. The van der Waals surface area contributed by atoms with Crippen LogP contribution in [-0.4, -0.2) is 11.9 Å². The molecule has 0 aromatic rings. The largest absolute Gasteiger partial charge is 0.483 e. The molecule has 0 aliphatic heterocycles. The Balaban J connectivity index is 0. The summed E-state index contributed by atoms with van der Waals surface area (Å²) < 4.78 is 0. The number of nitrogens with two attached hydrogens (primary N) is 1. The summed E-state index contributed by atoms with van der Waals surface area (Å²) in [7, 11) is 0. The molecular formula is C15H29CuNO2-4. The van der Waals surface area contributed by atoms with Crippen LogP contribution in [0.3, 0.4) is 0 Å². The van der Waals surface area contributed by atoms with Crippen molar-refractivity contribution in [1.29, 1.82) is 0 Å². The molecule has 0 amide bonds. The summed E-state index contributed by atoms with van der Waals surface area (Å²) in [6.07, 6.45) is 18.5. The maximum atomic E-state index is 8.11. The first-order valence-corrected chi connectivity index (χ1v) is 7.16. The van der Waals surface area contributed by atoms with Gasteiger partial charge in [0.25, 0.3) is 0 Å². The summed E-state index contributed by atoms with van der Waals surface area (Å²) in [6.45, 7) is 2.07. The Bertz CT molecular complexity index is 132. The molecule has 0 rings (SSSR count). The topological polar surface area (TPSA) is 55.5 Å². The third kappa shape index (κ3) is 20.9. The van der Waals surface area contributed by atoms with E-state index < -0.39 is 0 Å². The van der Waals surface area contributed by atoms with Crippen LogP contribution in [0.25, 0.3) is 0 Å². The maximum Gasteiger partial charge on any atom is 0 e. The van der Waals surface area contributed by atoms with Crippen molar-refractivity contribution in [3.63, 3.8) is 0 Å². The van der Waals surface area contributed by atoms with Gasteiger partial charge in [0.15, 0.2) is 0 Å². The molecule has 0 saturated heterocycles. The predicted molar refractivity (Wildman–Crippen MR) is 76.1 cm³/mol. The van der Waals surface area contributed by atoms with Crippen LogP contribution in [0, 0.1) is 25.8 Å². The summed E-state index contributed by atoms with van der Waals surface area (Å²) in [5, 5.41) is 8.11. The summed E-state index contributed by atoms with van der Waals surface area (Å²) >= 11 is 0. The Hall–Kier alpha value is 0.399. The van der Waals surface area contributed by atoms with E-state index in [9.17, 15) is 0 Å². The minimum atomic E-state index is 0. The zero-order valence-corrected chi connectivity index (χ0v) is 12.8. The van der Waals surface area contributed by atoms with Crippen LogP contribution in [0.1, 0.15) is 64.2 Å². The van der Waals surface area contributed by atoms with Gasteiger partial charge >= 0.3 is 0 Å². The summed E-state index contributed by atoms with van der Waals surface area (Å²) in [5.41, 5.74) is 5.31. The second kappa shape index (κ2) is 20.7. The average Bonchev–Trinajstić information content (AvgIpc) is 2.39. The van der Waals surface area contributed by atoms with E-state index in [1.807, 2.05) is 6.42 Å². The third-order valence-corrected chi connectivity index (χ3v) is 2.87. The smallest absolute Gasteiger partial charge is 0 e. The van der Waals surface area contributed by atoms with Gasteiger partial charge in [0.05, 0.1) is 0 Å². The van der Waals surface area contributed by atoms with Crippen molar-refractivity contribution in [2.45, 2.75) is 64.2 Å². The quantitative estimate of drug-likeness (QED) is 0.157. The van der Waals surface area contributed by atoms with Gasteiger partial charge < -0.3 is 25.0 Å². The minimum absolute atomic E-state index is 0. The first kappa shape index (κ1) is 21.7. The van der Waals surface area contributed by atoms with Crippen LogP contribution in [0.15, 0.2) is 0 Å². The number of rotatable bonds is 15. The van der Waals surface area contributed by atoms with Crippen LogP contribution in [0.4, 0.5) is 0 Å². The molecule has 0 unspecified atom stereocenters. The molecular weight excluding hydrogens is 290 g/mol. The molecule has 0 spiro atoms. The van der Waals surface area contributed by atoms with Crippen molar-refractivity contribution in [3.05, 3.63) is 25.8 Å². The van der Waals surface area contributed by atoms with Gasteiger partial charge in [-0.15, -0.1) is 0 Å². The van der Waals surface area contributed by atoms with Crippen molar-refractivity contribution in [2.24, 2.45) is 5.73 Å². The van der Waals surface area contributed by atoms with Gasteiger partial charge in [0.2, 0.25) is 0 Å². The van der Waals surface area contributed by atoms with Gasteiger partial charge in [-0.2, -0.15) is 19.3 Å². The average molecular weight is 319 g/mol. The van der Waals surface area contributed by atoms with E-state index in [0.717, 1.165) is 25.7 Å². The van der Waals surface area contributed by atoms with Crippen molar-refractivity contribution in [2.75, 3.05) is 6.61 Å². The van der Waals surface area contributed by atoms with E-state index in [2.05, 4.69) is 17.7 Å². The molecule has 0 heterocycles. The number of unbranched alkanes of at least 4 members (excludes halogenated alkanes) is 12. The van der Waals surface area contributed by atoms with E-state index >= 15 is 0 Å². The fraction of sp³-hybridized carbons (Fsp3) is 0.733. The molecule has 0 aliphatic carbocycles. The zero-order chi connectivity index (χ0) is 13.3. The van der Waals surface area contributed by atoms with E-state index in [1.54, 1.807) is 6.54 Å². The van der Waals surface area contributed by atoms with Crippen LogP contribution in [-0.2, 0) is 22.0 Å². The Labute approximate surface area is 130 Å². The Morgan fingerprint density at radius 1 is 0.737 bits per heavy atom. The fourth-order valence-electron chi connectivity index (χ4n) is 1.81. The van der Waals surface area contributed by atoms with E-state index in [4.69, 9.17) is 11.0 Å². The van der Waals surface area contributed by atoms with Gasteiger partial charge in [-0.1, -0.05) is 25.7 Å². The minimum Gasteiger partial charge on any atom is -0.483 e. The summed E-state index contributed by atoms with van der Waals surface area (Å²) in [4.78, 5) is 3.97. The molecule has 3 N–H and O–H groups in total. The van der Waals surface area contributed by atoms with Crippen LogP contribution in [0.2, 0.25) is 0 Å². The van der Waals surface area contributed by atoms with Gasteiger partial charge in [-0.3, -0.25) is 16.7 Å². The number of hydrogen-bond donors (Lipinski definition) is 2. The summed E-state index contributed by atoms with van der Waals surface area (Å²) in [6, 6.07) is 0. The van der Waals surface area contributed by atoms with Crippen molar-refractivity contribution >= 4 is 0 Å². The Morgan fingerprint density at radius 2 is 1.26 bits per heavy atom. The molecule has 0 aliphatic rings. The first-order valence-electron chi connectivity index (χ1n) is 7.16. The van der Waals surface area contributed by atoms with Gasteiger partial charge in [-0.05, 0) is 6.61 Å². The van der Waals surface area contributed by atoms with Gasteiger partial charge in [0.1, 0.15) is 0 Å². The van der Waals surface area contributed by atoms with Crippen LogP contribution in [0.5, 0.6) is 0 Å². The van der Waals surface area contributed by atoms with E-state index in [0.29, 0.717) is 6.61 Å². The molecule has 0 fully saturated rings. The molecule has 121 valence electrons. The van der Waals surface area contributed by atoms with Gasteiger partial charge in [0, 0.05) is 17.1 Å². The SMILES string of the molecule is N[CH-]CC[CH-]CCCCCC[CH-]CC[CH-]COO.[Cu]. The normalized spacial score (nSPS) is 10.4. The molecule has 3 nitrogen and oxygen atoms in total. The van der Waals surface area contributed by atoms with E-state index in [1.165, 1.54) is 38.5 Å². The predicted octanol–water partition coefficient (Wildman–Crippen LogP) is 4.11.